The zero-order valence-corrected chi connectivity index (χ0v) is 28.3. The van der Waals surface area contributed by atoms with Crippen LogP contribution in [0.1, 0.15) is 22.3 Å². The Morgan fingerprint density at radius 1 is 0.404 bits per heavy atom. The Hall–Kier alpha value is -6.84. The third kappa shape index (κ3) is 4.02. The van der Waals surface area contributed by atoms with E-state index in [-0.39, 0.29) is 5.41 Å². The van der Waals surface area contributed by atoms with Crippen LogP contribution < -0.4 is 10.2 Å². The van der Waals surface area contributed by atoms with Crippen molar-refractivity contribution in [2.45, 2.75) is 5.41 Å². The number of benzene rings is 8. The summed E-state index contributed by atoms with van der Waals surface area (Å²) in [7, 11) is 0. The van der Waals surface area contributed by atoms with Crippen molar-refractivity contribution in [1.29, 1.82) is 0 Å². The van der Waals surface area contributed by atoms with E-state index in [1.807, 2.05) is 0 Å². The van der Waals surface area contributed by atoms with Crippen molar-refractivity contribution in [1.82, 2.24) is 0 Å². The molecule has 0 atom stereocenters. The molecule has 11 rings (SSSR count). The van der Waals surface area contributed by atoms with Gasteiger partial charge in [0.05, 0.1) is 5.41 Å². The first-order valence-corrected chi connectivity index (χ1v) is 17.9. The molecule has 3 nitrogen and oxygen atoms in total. The van der Waals surface area contributed by atoms with Crippen LogP contribution in [-0.4, -0.2) is 0 Å². The molecule has 3 heteroatoms. The number of hydrogen-bond donors (Lipinski definition) is 1. The quantitative estimate of drug-likeness (QED) is 0.198. The predicted molar refractivity (Wildman–Crippen MR) is 214 cm³/mol. The molecule has 2 aliphatic rings. The van der Waals surface area contributed by atoms with Crippen LogP contribution >= 0.6 is 0 Å². The maximum atomic E-state index is 6.52. The molecule has 1 heterocycles. The van der Waals surface area contributed by atoms with Gasteiger partial charge in [-0.2, -0.15) is 0 Å². The fourth-order valence-electron chi connectivity index (χ4n) is 8.99. The fraction of sp³-hybridized carbons (Fsp3) is 0.0204. The van der Waals surface area contributed by atoms with Crippen LogP contribution in [0.4, 0.5) is 28.4 Å². The second-order valence-electron chi connectivity index (χ2n) is 13.7. The Bertz CT molecular complexity index is 2750. The van der Waals surface area contributed by atoms with E-state index < -0.39 is 0 Å². The van der Waals surface area contributed by atoms with Crippen LogP contribution in [0.5, 0.6) is 0 Å². The van der Waals surface area contributed by atoms with Gasteiger partial charge in [-0.05, 0) is 99.6 Å². The minimum Gasteiger partial charge on any atom is -0.456 e. The van der Waals surface area contributed by atoms with Gasteiger partial charge in [0.1, 0.15) is 11.2 Å². The SMILES string of the molecule is c1ccc(N(c2ccccc2)c2ccc3oc4cc(Nc5cccc6c5-c5ccccc5C65c6ccccc6-c6ccccc65)ccc4c3c2)cc1. The van der Waals surface area contributed by atoms with E-state index in [2.05, 4.69) is 198 Å². The zero-order valence-electron chi connectivity index (χ0n) is 28.3. The molecule has 244 valence electrons. The normalized spacial score (nSPS) is 13.2. The summed E-state index contributed by atoms with van der Waals surface area (Å²) in [5.41, 5.74) is 17.2. The molecule has 0 radical (unpaired) electrons. The van der Waals surface area contributed by atoms with Gasteiger partial charge in [0, 0.05) is 50.8 Å². The average Bonchev–Trinajstić information content (AvgIpc) is 3.83. The van der Waals surface area contributed by atoms with Gasteiger partial charge in [-0.1, -0.05) is 121 Å². The van der Waals surface area contributed by atoms with Crippen molar-refractivity contribution >= 4 is 50.4 Å². The van der Waals surface area contributed by atoms with Crippen molar-refractivity contribution in [2.75, 3.05) is 10.2 Å². The highest BCUT2D eigenvalue weighted by atomic mass is 16.3. The van der Waals surface area contributed by atoms with Gasteiger partial charge < -0.3 is 14.6 Å². The standard InChI is InChI=1S/C49H32N2O/c1-3-14-33(15-4-1)51(34-16-5-2-6-17-34)35-27-29-46-40(31-35)38-28-26-32(30-47(38)52-46)50-45-25-13-24-44-48(45)39-20-9-12-23-43(39)49(44)41-21-10-7-18-36(41)37-19-8-11-22-42(37)49/h1-31,50H. The summed E-state index contributed by atoms with van der Waals surface area (Å²) in [6.45, 7) is 0. The molecular weight excluding hydrogens is 633 g/mol. The molecule has 0 amide bonds. The lowest BCUT2D eigenvalue weighted by molar-refractivity contribution is 0.669. The highest BCUT2D eigenvalue weighted by Gasteiger charge is 2.51. The van der Waals surface area contributed by atoms with E-state index in [9.17, 15) is 0 Å². The number of anilines is 5. The Balaban J connectivity index is 1.02. The molecule has 1 spiro atoms. The average molecular weight is 665 g/mol. The second kappa shape index (κ2) is 11.1. The van der Waals surface area contributed by atoms with Crippen LogP contribution in [0.25, 0.3) is 44.2 Å². The van der Waals surface area contributed by atoms with Crippen molar-refractivity contribution in [3.8, 4) is 22.3 Å². The van der Waals surface area contributed by atoms with Gasteiger partial charge in [-0.25, -0.2) is 0 Å². The minimum absolute atomic E-state index is 0.370. The van der Waals surface area contributed by atoms with E-state index in [1.54, 1.807) is 0 Å². The van der Waals surface area contributed by atoms with E-state index in [1.165, 1.54) is 44.5 Å². The Kier molecular flexibility index (Phi) is 6.17. The Morgan fingerprint density at radius 3 is 1.65 bits per heavy atom. The molecule has 0 saturated carbocycles. The van der Waals surface area contributed by atoms with Gasteiger partial charge in [0.25, 0.3) is 0 Å². The molecular formula is C49H32N2O. The monoisotopic (exact) mass is 664 g/mol. The summed E-state index contributed by atoms with van der Waals surface area (Å²) in [6.07, 6.45) is 0. The van der Waals surface area contributed by atoms with Crippen LogP contribution in [0.15, 0.2) is 192 Å². The molecule has 0 bridgehead atoms. The summed E-state index contributed by atoms with van der Waals surface area (Å²) >= 11 is 0. The second-order valence-corrected chi connectivity index (χ2v) is 13.7. The fourth-order valence-corrected chi connectivity index (χ4v) is 8.99. The molecule has 2 aliphatic carbocycles. The first-order chi connectivity index (χ1) is 25.8. The van der Waals surface area contributed by atoms with E-state index in [0.717, 1.165) is 50.4 Å². The van der Waals surface area contributed by atoms with Crippen LogP contribution in [0.3, 0.4) is 0 Å². The first kappa shape index (κ1) is 28.9. The summed E-state index contributed by atoms with van der Waals surface area (Å²) in [5.74, 6) is 0. The van der Waals surface area contributed by atoms with Crippen LogP contribution in [0.2, 0.25) is 0 Å². The molecule has 9 aromatic rings. The lowest BCUT2D eigenvalue weighted by Crippen LogP contribution is -2.25. The number of para-hydroxylation sites is 2. The molecule has 0 unspecified atom stereocenters. The molecule has 0 aliphatic heterocycles. The maximum absolute atomic E-state index is 6.52. The van der Waals surface area contributed by atoms with Gasteiger partial charge in [-0.3, -0.25) is 0 Å². The Morgan fingerprint density at radius 2 is 0.981 bits per heavy atom. The highest BCUT2D eigenvalue weighted by Crippen LogP contribution is 2.63. The predicted octanol–water partition coefficient (Wildman–Crippen LogP) is 13.1. The topological polar surface area (TPSA) is 28.4 Å². The molecule has 8 aromatic carbocycles. The van der Waals surface area contributed by atoms with Gasteiger partial charge in [0.15, 0.2) is 0 Å². The number of furan rings is 1. The maximum Gasteiger partial charge on any atom is 0.137 e. The number of nitrogens with zero attached hydrogens (tertiary/aromatic N) is 1. The zero-order chi connectivity index (χ0) is 34.2. The van der Waals surface area contributed by atoms with Crippen LogP contribution in [-0.2, 0) is 5.41 Å². The van der Waals surface area contributed by atoms with E-state index >= 15 is 0 Å². The Labute approximate surface area is 302 Å². The summed E-state index contributed by atoms with van der Waals surface area (Å²) in [5, 5.41) is 6.02. The number of fused-ring (bicyclic) bond motifs is 13. The largest absolute Gasteiger partial charge is 0.456 e. The molecule has 1 aromatic heterocycles. The van der Waals surface area contributed by atoms with E-state index in [0.29, 0.717) is 0 Å². The van der Waals surface area contributed by atoms with Gasteiger partial charge >= 0.3 is 0 Å². The van der Waals surface area contributed by atoms with Crippen LogP contribution in [0, 0.1) is 0 Å². The third-order valence-corrected chi connectivity index (χ3v) is 11.0. The molecule has 0 saturated heterocycles. The number of nitrogens with one attached hydrogen (secondary N) is 1. The lowest BCUT2D eigenvalue weighted by Gasteiger charge is -2.30. The van der Waals surface area contributed by atoms with Crippen molar-refractivity contribution < 1.29 is 4.42 Å². The summed E-state index contributed by atoms with van der Waals surface area (Å²) in [6, 6.07) is 67.5. The van der Waals surface area contributed by atoms with Gasteiger partial charge in [-0.15, -0.1) is 0 Å². The van der Waals surface area contributed by atoms with E-state index in [4.69, 9.17) is 4.42 Å². The highest BCUT2D eigenvalue weighted by molar-refractivity contribution is 6.08. The molecule has 1 N–H and O–H groups in total. The summed E-state index contributed by atoms with van der Waals surface area (Å²) in [4.78, 5) is 2.29. The smallest absolute Gasteiger partial charge is 0.137 e. The lowest BCUT2D eigenvalue weighted by atomic mass is 9.70. The van der Waals surface area contributed by atoms with Gasteiger partial charge in [0.2, 0.25) is 0 Å². The summed E-state index contributed by atoms with van der Waals surface area (Å²) < 4.78 is 6.52. The number of rotatable bonds is 5. The molecule has 52 heavy (non-hydrogen) atoms. The minimum atomic E-state index is -0.370. The number of hydrogen-bond acceptors (Lipinski definition) is 3. The first-order valence-electron chi connectivity index (χ1n) is 17.9. The van der Waals surface area contributed by atoms with Crippen molar-refractivity contribution in [2.24, 2.45) is 0 Å². The third-order valence-electron chi connectivity index (χ3n) is 11.0. The van der Waals surface area contributed by atoms with Crippen molar-refractivity contribution in [3.63, 3.8) is 0 Å². The van der Waals surface area contributed by atoms with Crippen molar-refractivity contribution in [3.05, 3.63) is 210 Å². The molecule has 0 fully saturated rings.